The SMILES string of the molecule is CCCCC(CC)COC(=O)N[C@@H](Cc1ccccc1)[C@H](O)C(=O)N1CSC(C)(C)[C@H]1C(=O)NCc1ccccc1C. The van der Waals surface area contributed by atoms with Crippen LogP contribution in [0.3, 0.4) is 0 Å². The lowest BCUT2D eigenvalue weighted by atomic mass is 9.97. The van der Waals surface area contributed by atoms with Crippen molar-refractivity contribution in [2.24, 2.45) is 5.92 Å². The molecule has 0 bridgehead atoms. The molecule has 3 N–H and O–H groups in total. The van der Waals surface area contributed by atoms with Crippen molar-refractivity contribution >= 4 is 29.7 Å². The van der Waals surface area contributed by atoms with Crippen molar-refractivity contribution in [3.63, 3.8) is 0 Å². The van der Waals surface area contributed by atoms with Crippen LogP contribution in [-0.2, 0) is 27.3 Å². The third kappa shape index (κ3) is 9.23. The number of aliphatic hydroxyl groups is 1. The predicted molar refractivity (Wildman–Crippen MR) is 168 cm³/mol. The minimum atomic E-state index is -1.57. The van der Waals surface area contributed by atoms with Gasteiger partial charge in [-0.05, 0) is 56.2 Å². The summed E-state index contributed by atoms with van der Waals surface area (Å²) >= 11 is 1.49. The molecule has 8 nitrogen and oxygen atoms in total. The summed E-state index contributed by atoms with van der Waals surface area (Å²) in [5.74, 6) is -0.362. The number of carbonyl (C=O) groups excluding carboxylic acids is 3. The molecule has 1 saturated heterocycles. The van der Waals surface area contributed by atoms with Crippen LogP contribution in [0, 0.1) is 12.8 Å². The van der Waals surface area contributed by atoms with Gasteiger partial charge in [-0.1, -0.05) is 87.7 Å². The quantitative estimate of drug-likeness (QED) is 0.276. The molecule has 3 rings (SSSR count). The Bertz CT molecular complexity index is 1180. The topological polar surface area (TPSA) is 108 Å². The van der Waals surface area contributed by atoms with Gasteiger partial charge in [0.1, 0.15) is 6.04 Å². The zero-order chi connectivity index (χ0) is 30.7. The normalized spacial score (nSPS) is 18.1. The monoisotopic (exact) mass is 597 g/mol. The highest BCUT2D eigenvalue weighted by molar-refractivity contribution is 8.00. The maximum absolute atomic E-state index is 13.8. The average Bonchev–Trinajstić information content (AvgIpc) is 3.30. The predicted octanol–water partition coefficient (Wildman–Crippen LogP) is 5.21. The molecule has 1 unspecified atom stereocenters. The number of hydrogen-bond acceptors (Lipinski definition) is 6. The number of carbonyl (C=O) groups is 3. The number of nitrogens with zero attached hydrogens (tertiary/aromatic N) is 1. The van der Waals surface area contributed by atoms with Crippen LogP contribution in [0.1, 0.15) is 70.1 Å². The Labute approximate surface area is 255 Å². The molecule has 1 fully saturated rings. The molecule has 3 amide bonds. The van der Waals surface area contributed by atoms with E-state index in [9.17, 15) is 19.5 Å². The van der Waals surface area contributed by atoms with Gasteiger partial charge in [0.2, 0.25) is 5.91 Å². The number of rotatable bonds is 14. The molecule has 9 heteroatoms. The number of benzene rings is 2. The second-order valence-electron chi connectivity index (χ2n) is 11.6. The average molecular weight is 598 g/mol. The first-order valence-corrected chi connectivity index (χ1v) is 16.0. The van der Waals surface area contributed by atoms with Crippen LogP contribution < -0.4 is 10.6 Å². The van der Waals surface area contributed by atoms with Gasteiger partial charge in [0.25, 0.3) is 5.91 Å². The summed E-state index contributed by atoms with van der Waals surface area (Å²) < 4.78 is 4.97. The van der Waals surface area contributed by atoms with Crippen molar-refractivity contribution in [1.29, 1.82) is 0 Å². The molecule has 2 aromatic rings. The van der Waals surface area contributed by atoms with Crippen LogP contribution in [-0.4, -0.2) is 63.3 Å². The molecule has 0 spiro atoms. The maximum Gasteiger partial charge on any atom is 0.407 e. The van der Waals surface area contributed by atoms with E-state index in [4.69, 9.17) is 4.74 Å². The van der Waals surface area contributed by atoms with Gasteiger partial charge in [-0.15, -0.1) is 11.8 Å². The summed E-state index contributed by atoms with van der Waals surface area (Å²) in [5, 5.41) is 17.1. The van der Waals surface area contributed by atoms with E-state index in [0.717, 1.165) is 42.4 Å². The van der Waals surface area contributed by atoms with Gasteiger partial charge in [-0.2, -0.15) is 0 Å². The Morgan fingerprint density at radius 3 is 2.45 bits per heavy atom. The van der Waals surface area contributed by atoms with Gasteiger partial charge < -0.3 is 25.4 Å². The zero-order valence-electron chi connectivity index (χ0n) is 25.6. The lowest BCUT2D eigenvalue weighted by molar-refractivity contribution is -0.147. The first-order valence-electron chi connectivity index (χ1n) is 15.0. The smallest absolute Gasteiger partial charge is 0.407 e. The van der Waals surface area contributed by atoms with Gasteiger partial charge in [-0.25, -0.2) is 4.79 Å². The summed E-state index contributed by atoms with van der Waals surface area (Å²) in [4.78, 5) is 41.6. The van der Waals surface area contributed by atoms with Gasteiger partial charge in [-0.3, -0.25) is 9.59 Å². The van der Waals surface area contributed by atoms with E-state index in [1.807, 2.05) is 75.4 Å². The molecule has 1 heterocycles. The van der Waals surface area contributed by atoms with Crippen molar-refractivity contribution in [3.8, 4) is 0 Å². The summed E-state index contributed by atoms with van der Waals surface area (Å²) in [6.07, 6.45) is 2.01. The van der Waals surface area contributed by atoms with E-state index < -0.39 is 34.9 Å². The van der Waals surface area contributed by atoms with Crippen molar-refractivity contribution in [2.45, 2.75) is 96.2 Å². The van der Waals surface area contributed by atoms with E-state index in [1.54, 1.807) is 0 Å². The Morgan fingerprint density at radius 2 is 1.79 bits per heavy atom. The van der Waals surface area contributed by atoms with Crippen molar-refractivity contribution in [2.75, 3.05) is 12.5 Å². The number of alkyl carbamates (subject to hydrolysis) is 1. The molecule has 0 aromatic heterocycles. The zero-order valence-corrected chi connectivity index (χ0v) is 26.4. The minimum Gasteiger partial charge on any atom is -0.449 e. The van der Waals surface area contributed by atoms with Crippen LogP contribution in [0.25, 0.3) is 0 Å². The second kappa shape index (κ2) is 16.0. The van der Waals surface area contributed by atoms with Crippen molar-refractivity contribution in [3.05, 3.63) is 71.3 Å². The largest absolute Gasteiger partial charge is 0.449 e. The molecule has 4 atom stereocenters. The lowest BCUT2D eigenvalue weighted by Crippen LogP contribution is -2.58. The molecule has 42 heavy (non-hydrogen) atoms. The number of aliphatic hydroxyl groups excluding tert-OH is 1. The standard InChI is InChI=1S/C33H47N3O5S/c1-6-8-15-24(7-2)21-41-32(40)35-27(19-25-16-10-9-11-17-25)28(37)31(39)36-22-42-33(4,5)29(36)30(38)34-20-26-18-13-12-14-23(26)3/h9-14,16-18,24,27-29,37H,6-8,15,19-22H2,1-5H3,(H,34,38)(H,35,40)/t24?,27-,28-,29+/m0/s1. The van der Waals surface area contributed by atoms with Gasteiger partial charge in [0.05, 0.1) is 18.5 Å². The number of hydrogen-bond donors (Lipinski definition) is 3. The van der Waals surface area contributed by atoms with Crippen molar-refractivity contribution < 1.29 is 24.2 Å². The van der Waals surface area contributed by atoms with Gasteiger partial charge in [0.15, 0.2) is 6.10 Å². The highest BCUT2D eigenvalue weighted by Crippen LogP contribution is 2.40. The molecule has 230 valence electrons. The number of aryl methyl sites for hydroxylation is 1. The second-order valence-corrected chi connectivity index (χ2v) is 13.2. The molecule has 1 aliphatic rings. The Hall–Kier alpha value is -3.04. The summed E-state index contributed by atoms with van der Waals surface area (Å²) in [7, 11) is 0. The lowest BCUT2D eigenvalue weighted by Gasteiger charge is -2.33. The summed E-state index contributed by atoms with van der Waals surface area (Å²) in [5.41, 5.74) is 2.92. The fraction of sp³-hybridized carbons (Fsp3) is 0.545. The molecule has 0 radical (unpaired) electrons. The number of amides is 3. The Morgan fingerprint density at radius 1 is 1.10 bits per heavy atom. The van der Waals surface area contributed by atoms with Crippen LogP contribution in [0.2, 0.25) is 0 Å². The number of nitrogens with one attached hydrogen (secondary N) is 2. The van der Waals surface area contributed by atoms with Crippen LogP contribution in [0.4, 0.5) is 4.79 Å². The third-order valence-electron chi connectivity index (χ3n) is 8.02. The molecule has 1 aliphatic heterocycles. The minimum absolute atomic E-state index is 0.227. The number of ether oxygens (including phenoxy) is 1. The van der Waals surface area contributed by atoms with E-state index in [0.29, 0.717) is 6.54 Å². The first-order chi connectivity index (χ1) is 20.1. The van der Waals surface area contributed by atoms with Gasteiger partial charge in [0, 0.05) is 11.3 Å². The van der Waals surface area contributed by atoms with Crippen LogP contribution in [0.15, 0.2) is 54.6 Å². The fourth-order valence-electron chi connectivity index (χ4n) is 5.24. The number of thioether (sulfide) groups is 1. The molecule has 0 aliphatic carbocycles. The highest BCUT2D eigenvalue weighted by atomic mass is 32.2. The van der Waals surface area contributed by atoms with E-state index in [2.05, 4.69) is 24.5 Å². The van der Waals surface area contributed by atoms with E-state index >= 15 is 0 Å². The Kier molecular flexibility index (Phi) is 12.7. The third-order valence-corrected chi connectivity index (χ3v) is 9.40. The summed E-state index contributed by atoms with van der Waals surface area (Å²) in [6, 6.07) is 15.5. The highest BCUT2D eigenvalue weighted by Gasteiger charge is 2.49. The van der Waals surface area contributed by atoms with Crippen LogP contribution >= 0.6 is 11.8 Å². The van der Waals surface area contributed by atoms with E-state index in [1.165, 1.54) is 16.7 Å². The van der Waals surface area contributed by atoms with Crippen molar-refractivity contribution in [1.82, 2.24) is 15.5 Å². The molecule has 2 aromatic carbocycles. The Balaban J connectivity index is 1.74. The summed E-state index contributed by atoms with van der Waals surface area (Å²) in [6.45, 7) is 10.7. The van der Waals surface area contributed by atoms with Crippen LogP contribution in [0.5, 0.6) is 0 Å². The molecule has 0 saturated carbocycles. The van der Waals surface area contributed by atoms with E-state index in [-0.39, 0.29) is 30.7 Å². The van der Waals surface area contributed by atoms with Gasteiger partial charge >= 0.3 is 6.09 Å². The number of unbranched alkanes of at least 4 members (excludes halogenated alkanes) is 1. The molecular formula is C33H47N3O5S. The molecular weight excluding hydrogens is 550 g/mol. The first kappa shape index (κ1) is 33.5. The fourth-order valence-corrected chi connectivity index (χ4v) is 6.38. The maximum atomic E-state index is 13.8.